The summed E-state index contributed by atoms with van der Waals surface area (Å²) in [5, 5.41) is 3.45. The zero-order chi connectivity index (χ0) is 29.4. The SMILES string of the molecule is CCNC(=O)[C@@H](CC)N(Cc1ccccc1Cl)C(=O)CN(c1cc(Cl)ccc1OC)S(=O)(=O)c1ccc(C)cc1. The molecule has 1 N–H and O–H groups in total. The van der Waals surface area contributed by atoms with Crippen LogP contribution in [-0.4, -0.2) is 51.4 Å². The molecule has 0 unspecified atom stereocenters. The Morgan fingerprint density at radius 3 is 2.27 bits per heavy atom. The predicted molar refractivity (Wildman–Crippen MR) is 158 cm³/mol. The normalized spacial score (nSPS) is 11.9. The fourth-order valence-corrected chi connectivity index (χ4v) is 6.01. The second-order valence-corrected chi connectivity index (χ2v) is 11.8. The third-order valence-electron chi connectivity index (χ3n) is 6.33. The van der Waals surface area contributed by atoms with Gasteiger partial charge in [0, 0.05) is 23.1 Å². The number of benzene rings is 3. The lowest BCUT2D eigenvalue weighted by Gasteiger charge is -2.33. The van der Waals surface area contributed by atoms with Crippen LogP contribution in [0.3, 0.4) is 0 Å². The van der Waals surface area contributed by atoms with Gasteiger partial charge in [0.2, 0.25) is 11.8 Å². The summed E-state index contributed by atoms with van der Waals surface area (Å²) in [6.45, 7) is 5.17. The van der Waals surface area contributed by atoms with Gasteiger partial charge >= 0.3 is 0 Å². The van der Waals surface area contributed by atoms with E-state index in [-0.39, 0.29) is 33.8 Å². The third kappa shape index (κ3) is 7.27. The molecule has 0 spiro atoms. The van der Waals surface area contributed by atoms with Crippen molar-refractivity contribution in [3.8, 4) is 5.75 Å². The van der Waals surface area contributed by atoms with Crippen molar-refractivity contribution in [2.45, 2.75) is 44.7 Å². The molecule has 0 bridgehead atoms. The Kier molecular flexibility index (Phi) is 10.8. The highest BCUT2D eigenvalue weighted by atomic mass is 35.5. The Balaban J connectivity index is 2.14. The van der Waals surface area contributed by atoms with Gasteiger partial charge in [0.15, 0.2) is 0 Å². The maximum absolute atomic E-state index is 14.1. The molecule has 0 saturated carbocycles. The molecule has 0 fully saturated rings. The summed E-state index contributed by atoms with van der Waals surface area (Å²) in [5.74, 6) is -0.740. The first-order chi connectivity index (χ1) is 19.0. The van der Waals surface area contributed by atoms with Crippen LogP contribution in [0.5, 0.6) is 5.75 Å². The first kappa shape index (κ1) is 31.3. The van der Waals surface area contributed by atoms with Crippen molar-refractivity contribution < 1.29 is 22.7 Å². The van der Waals surface area contributed by atoms with Crippen molar-refractivity contribution in [2.24, 2.45) is 0 Å². The molecular formula is C29H33Cl2N3O5S. The molecule has 3 aromatic rings. The van der Waals surface area contributed by atoms with Gasteiger partial charge in [-0.25, -0.2) is 8.42 Å². The van der Waals surface area contributed by atoms with Crippen molar-refractivity contribution in [1.82, 2.24) is 10.2 Å². The number of nitrogens with one attached hydrogen (secondary N) is 1. The molecule has 0 heterocycles. The van der Waals surface area contributed by atoms with Crippen LogP contribution in [0.25, 0.3) is 0 Å². The Morgan fingerprint density at radius 2 is 1.68 bits per heavy atom. The van der Waals surface area contributed by atoms with Gasteiger partial charge in [0.1, 0.15) is 18.3 Å². The molecule has 8 nitrogen and oxygen atoms in total. The summed E-state index contributed by atoms with van der Waals surface area (Å²) < 4.78 is 34.5. The first-order valence-corrected chi connectivity index (χ1v) is 15.0. The van der Waals surface area contributed by atoms with E-state index in [1.807, 2.05) is 6.92 Å². The van der Waals surface area contributed by atoms with Gasteiger partial charge in [-0.05, 0) is 62.2 Å². The van der Waals surface area contributed by atoms with Crippen LogP contribution >= 0.6 is 23.2 Å². The minimum Gasteiger partial charge on any atom is -0.495 e. The molecule has 0 aliphatic rings. The van der Waals surface area contributed by atoms with Crippen LogP contribution in [0, 0.1) is 6.92 Å². The summed E-state index contributed by atoms with van der Waals surface area (Å²) in [6, 6.07) is 17.0. The highest BCUT2D eigenvalue weighted by Gasteiger charge is 2.35. The first-order valence-electron chi connectivity index (χ1n) is 12.8. The monoisotopic (exact) mass is 605 g/mol. The molecule has 11 heteroatoms. The van der Waals surface area contributed by atoms with Crippen molar-refractivity contribution in [3.63, 3.8) is 0 Å². The molecule has 2 amide bonds. The standard InChI is InChI=1S/C29H33Cl2N3O5S/c1-5-25(29(36)32-6-2)33(18-21-9-7-8-10-24(21)31)28(35)19-34(26-17-22(30)13-16-27(26)39-4)40(37,38)23-14-11-20(3)12-15-23/h7-17,25H,5-6,18-19H2,1-4H3,(H,32,36)/t25-/m1/s1. The molecule has 0 saturated heterocycles. The van der Waals surface area contributed by atoms with E-state index in [0.717, 1.165) is 9.87 Å². The summed E-state index contributed by atoms with van der Waals surface area (Å²) in [5.41, 5.74) is 1.58. The zero-order valence-corrected chi connectivity index (χ0v) is 25.2. The van der Waals surface area contributed by atoms with E-state index >= 15 is 0 Å². The number of hydrogen-bond donors (Lipinski definition) is 1. The molecule has 214 valence electrons. The summed E-state index contributed by atoms with van der Waals surface area (Å²) in [6.07, 6.45) is 0.299. The van der Waals surface area contributed by atoms with E-state index in [1.54, 1.807) is 56.3 Å². The minimum absolute atomic E-state index is 0.000746. The number of nitrogens with zero attached hydrogens (tertiary/aromatic N) is 2. The topological polar surface area (TPSA) is 96.0 Å². The number of hydrogen-bond acceptors (Lipinski definition) is 5. The van der Waals surface area contributed by atoms with Gasteiger partial charge in [-0.2, -0.15) is 0 Å². The number of sulfonamides is 1. The number of amides is 2. The highest BCUT2D eigenvalue weighted by Crippen LogP contribution is 2.35. The van der Waals surface area contributed by atoms with Crippen molar-refractivity contribution in [2.75, 3.05) is 24.5 Å². The molecule has 0 aliphatic carbocycles. The molecule has 0 radical (unpaired) electrons. The molecule has 40 heavy (non-hydrogen) atoms. The van der Waals surface area contributed by atoms with Crippen LogP contribution in [0.4, 0.5) is 5.69 Å². The van der Waals surface area contributed by atoms with Gasteiger partial charge in [0.25, 0.3) is 10.0 Å². The molecule has 3 rings (SSSR count). The highest BCUT2D eigenvalue weighted by molar-refractivity contribution is 7.92. The second kappa shape index (κ2) is 13.9. The number of carbonyl (C=O) groups excluding carboxylic acids is 2. The maximum Gasteiger partial charge on any atom is 0.264 e. The number of rotatable bonds is 12. The third-order valence-corrected chi connectivity index (χ3v) is 8.71. The lowest BCUT2D eigenvalue weighted by Crippen LogP contribution is -2.52. The molecule has 3 aromatic carbocycles. The number of halogens is 2. The summed E-state index contributed by atoms with van der Waals surface area (Å²) in [7, 11) is -2.87. The van der Waals surface area contributed by atoms with Crippen molar-refractivity contribution in [3.05, 3.63) is 87.9 Å². The van der Waals surface area contributed by atoms with E-state index in [2.05, 4.69) is 5.32 Å². The van der Waals surface area contributed by atoms with Gasteiger partial charge in [0.05, 0.1) is 17.7 Å². The lowest BCUT2D eigenvalue weighted by molar-refractivity contribution is -0.140. The fourth-order valence-electron chi connectivity index (χ4n) is 4.23. The minimum atomic E-state index is -4.27. The largest absolute Gasteiger partial charge is 0.495 e. The predicted octanol–water partition coefficient (Wildman–Crippen LogP) is 5.45. The van der Waals surface area contributed by atoms with E-state index in [0.29, 0.717) is 23.6 Å². The van der Waals surface area contributed by atoms with Crippen LogP contribution in [0.2, 0.25) is 10.0 Å². The number of likely N-dealkylation sites (N-methyl/N-ethyl adjacent to an activating group) is 1. The fraction of sp³-hybridized carbons (Fsp3) is 0.310. The average molecular weight is 607 g/mol. The molecule has 1 atom stereocenters. The number of methoxy groups -OCH3 is 1. The zero-order valence-electron chi connectivity index (χ0n) is 22.9. The Hall–Kier alpha value is -3.27. The van der Waals surface area contributed by atoms with Gasteiger partial charge in [-0.1, -0.05) is 66.0 Å². The summed E-state index contributed by atoms with van der Waals surface area (Å²) >= 11 is 12.7. The van der Waals surface area contributed by atoms with Crippen LogP contribution in [-0.2, 0) is 26.2 Å². The van der Waals surface area contributed by atoms with Crippen molar-refractivity contribution >= 4 is 50.7 Å². The maximum atomic E-state index is 14.1. The average Bonchev–Trinajstić information content (AvgIpc) is 2.92. The quantitative estimate of drug-likeness (QED) is 0.296. The Morgan fingerprint density at radius 1 is 1.00 bits per heavy atom. The van der Waals surface area contributed by atoms with Gasteiger partial charge < -0.3 is 15.0 Å². The van der Waals surface area contributed by atoms with E-state index in [1.165, 1.54) is 36.3 Å². The molecular weight excluding hydrogens is 573 g/mol. The summed E-state index contributed by atoms with van der Waals surface area (Å²) in [4.78, 5) is 28.5. The number of ether oxygens (including phenoxy) is 1. The van der Waals surface area contributed by atoms with E-state index in [4.69, 9.17) is 27.9 Å². The van der Waals surface area contributed by atoms with Crippen LogP contribution in [0.15, 0.2) is 71.6 Å². The van der Waals surface area contributed by atoms with Gasteiger partial charge in [-0.3, -0.25) is 13.9 Å². The molecule has 0 aliphatic heterocycles. The van der Waals surface area contributed by atoms with Crippen molar-refractivity contribution in [1.29, 1.82) is 0 Å². The van der Waals surface area contributed by atoms with E-state index < -0.39 is 28.5 Å². The Labute approximate surface area is 245 Å². The van der Waals surface area contributed by atoms with Crippen LogP contribution in [0.1, 0.15) is 31.4 Å². The lowest BCUT2D eigenvalue weighted by atomic mass is 10.1. The number of aryl methyl sites for hydroxylation is 1. The molecule has 0 aromatic heterocycles. The van der Waals surface area contributed by atoms with E-state index in [9.17, 15) is 18.0 Å². The number of carbonyl (C=O) groups is 2. The van der Waals surface area contributed by atoms with Gasteiger partial charge in [-0.15, -0.1) is 0 Å². The van der Waals surface area contributed by atoms with Crippen LogP contribution < -0.4 is 14.4 Å². The smallest absolute Gasteiger partial charge is 0.264 e. The second-order valence-electron chi connectivity index (χ2n) is 9.07. The Bertz CT molecular complexity index is 1450. The number of anilines is 1.